The van der Waals surface area contributed by atoms with Gasteiger partial charge in [0.1, 0.15) is 6.07 Å². The summed E-state index contributed by atoms with van der Waals surface area (Å²) in [5.74, 6) is -5.36. The van der Waals surface area contributed by atoms with Crippen molar-refractivity contribution < 1.29 is 18.0 Å². The number of anilines is 1. The van der Waals surface area contributed by atoms with Crippen molar-refractivity contribution >= 4 is 11.7 Å². The van der Waals surface area contributed by atoms with Crippen molar-refractivity contribution in [1.82, 2.24) is 4.98 Å². The Morgan fingerprint density at radius 3 is 2.48 bits per heavy atom. The molecule has 1 aromatic carbocycles. The van der Waals surface area contributed by atoms with Crippen LogP contribution in [0.1, 0.15) is 15.9 Å². The lowest BCUT2D eigenvalue weighted by Gasteiger charge is -2.17. The zero-order valence-electron chi connectivity index (χ0n) is 10.8. The third-order valence-corrected chi connectivity index (χ3v) is 2.76. The van der Waals surface area contributed by atoms with Gasteiger partial charge in [0.2, 0.25) is 0 Å². The van der Waals surface area contributed by atoms with E-state index in [1.165, 1.54) is 25.4 Å². The molecule has 0 spiro atoms. The zero-order valence-corrected chi connectivity index (χ0v) is 10.8. The molecule has 0 unspecified atom stereocenters. The van der Waals surface area contributed by atoms with Crippen LogP contribution in [0.3, 0.4) is 0 Å². The van der Waals surface area contributed by atoms with Gasteiger partial charge < -0.3 is 0 Å². The highest BCUT2D eigenvalue weighted by Gasteiger charge is 2.21. The summed E-state index contributed by atoms with van der Waals surface area (Å²) in [6.07, 6.45) is 1.37. The number of rotatable bonds is 2. The SMILES string of the molecule is CN(C(=O)c1cc(F)c(F)c(F)c1)c1ncccc1C#N. The van der Waals surface area contributed by atoms with Crippen LogP contribution < -0.4 is 4.90 Å². The summed E-state index contributed by atoms with van der Waals surface area (Å²) in [5.41, 5.74) is -0.264. The van der Waals surface area contributed by atoms with E-state index in [-0.39, 0.29) is 16.9 Å². The molecule has 21 heavy (non-hydrogen) atoms. The number of benzene rings is 1. The van der Waals surface area contributed by atoms with Crippen LogP contribution in [0.25, 0.3) is 0 Å². The highest BCUT2D eigenvalue weighted by Crippen LogP contribution is 2.19. The van der Waals surface area contributed by atoms with Crippen molar-refractivity contribution in [3.8, 4) is 6.07 Å². The van der Waals surface area contributed by atoms with Gasteiger partial charge in [-0.05, 0) is 24.3 Å². The van der Waals surface area contributed by atoms with Gasteiger partial charge in [0.15, 0.2) is 23.3 Å². The zero-order chi connectivity index (χ0) is 15.6. The normalized spacial score (nSPS) is 10.0. The van der Waals surface area contributed by atoms with Crippen molar-refractivity contribution in [3.63, 3.8) is 0 Å². The Kier molecular flexibility index (Phi) is 3.89. The second kappa shape index (κ2) is 5.63. The van der Waals surface area contributed by atoms with Crippen molar-refractivity contribution in [3.05, 3.63) is 59.0 Å². The van der Waals surface area contributed by atoms with Crippen LogP contribution in [0.15, 0.2) is 30.5 Å². The molecule has 0 saturated carbocycles. The molecule has 1 heterocycles. The third kappa shape index (κ3) is 2.69. The van der Waals surface area contributed by atoms with E-state index in [0.29, 0.717) is 12.1 Å². The van der Waals surface area contributed by atoms with Crippen molar-refractivity contribution in [2.45, 2.75) is 0 Å². The van der Waals surface area contributed by atoms with Gasteiger partial charge in [0.05, 0.1) is 5.56 Å². The smallest absolute Gasteiger partial charge is 0.259 e. The molecule has 0 aliphatic rings. The average Bonchev–Trinajstić information content (AvgIpc) is 2.50. The number of hydrogen-bond donors (Lipinski definition) is 0. The van der Waals surface area contributed by atoms with E-state index in [4.69, 9.17) is 5.26 Å². The minimum Gasteiger partial charge on any atom is -0.295 e. The first kappa shape index (κ1) is 14.5. The molecule has 1 amide bonds. The van der Waals surface area contributed by atoms with E-state index in [1.54, 1.807) is 0 Å². The molecule has 4 nitrogen and oxygen atoms in total. The number of aromatic nitrogens is 1. The molecule has 0 saturated heterocycles. The number of hydrogen-bond acceptors (Lipinski definition) is 3. The Balaban J connectivity index is 2.43. The lowest BCUT2D eigenvalue weighted by molar-refractivity contribution is 0.0991. The standard InChI is InChI=1S/C14H8F3N3O/c1-20(13-8(7-18)3-2-4-19-13)14(21)9-5-10(15)12(17)11(16)6-9/h2-6H,1H3. The largest absolute Gasteiger partial charge is 0.295 e. The number of nitrogens with zero attached hydrogens (tertiary/aromatic N) is 3. The fraction of sp³-hybridized carbons (Fsp3) is 0.0714. The van der Waals surface area contributed by atoms with E-state index in [0.717, 1.165) is 4.90 Å². The van der Waals surface area contributed by atoms with Gasteiger partial charge in [0.25, 0.3) is 5.91 Å². The average molecular weight is 291 g/mol. The summed E-state index contributed by atoms with van der Waals surface area (Å²) in [6, 6.07) is 5.98. The predicted octanol–water partition coefficient (Wildman–Crippen LogP) is 2.65. The maximum Gasteiger partial charge on any atom is 0.259 e. The Bertz CT molecular complexity index is 732. The Labute approximate surface area is 118 Å². The van der Waals surface area contributed by atoms with Crippen LogP contribution in [0, 0.1) is 28.8 Å². The maximum absolute atomic E-state index is 13.2. The van der Waals surface area contributed by atoms with E-state index >= 15 is 0 Å². The molecule has 0 aliphatic heterocycles. The number of amides is 1. The Hall–Kier alpha value is -2.88. The van der Waals surface area contributed by atoms with Crippen LogP contribution >= 0.6 is 0 Å². The third-order valence-electron chi connectivity index (χ3n) is 2.76. The Morgan fingerprint density at radius 2 is 1.90 bits per heavy atom. The van der Waals surface area contributed by atoms with Crippen LogP contribution in [0.2, 0.25) is 0 Å². The van der Waals surface area contributed by atoms with Gasteiger partial charge in [-0.25, -0.2) is 18.2 Å². The quantitative estimate of drug-likeness (QED) is 0.799. The van der Waals surface area contributed by atoms with E-state index < -0.39 is 23.4 Å². The van der Waals surface area contributed by atoms with Crippen molar-refractivity contribution in [1.29, 1.82) is 5.26 Å². The summed E-state index contributed by atoms with van der Waals surface area (Å²) in [6.45, 7) is 0. The second-order valence-corrected chi connectivity index (χ2v) is 4.10. The molecule has 106 valence electrons. The molecular formula is C14H8F3N3O. The lowest BCUT2D eigenvalue weighted by atomic mass is 10.1. The van der Waals surface area contributed by atoms with Gasteiger partial charge in [-0.15, -0.1) is 0 Å². The van der Waals surface area contributed by atoms with Gasteiger partial charge in [-0.2, -0.15) is 5.26 Å². The molecule has 7 heteroatoms. The highest BCUT2D eigenvalue weighted by atomic mass is 19.2. The molecule has 1 aromatic heterocycles. The topological polar surface area (TPSA) is 57.0 Å². The lowest BCUT2D eigenvalue weighted by Crippen LogP contribution is -2.28. The fourth-order valence-electron chi connectivity index (χ4n) is 1.72. The highest BCUT2D eigenvalue weighted by molar-refractivity contribution is 6.05. The number of carbonyl (C=O) groups excluding carboxylic acids is 1. The van der Waals surface area contributed by atoms with Crippen molar-refractivity contribution in [2.24, 2.45) is 0 Å². The van der Waals surface area contributed by atoms with E-state index in [9.17, 15) is 18.0 Å². The summed E-state index contributed by atoms with van der Waals surface area (Å²) in [5, 5.41) is 8.95. The van der Waals surface area contributed by atoms with E-state index in [2.05, 4.69) is 4.98 Å². The minimum atomic E-state index is -1.65. The number of carbonyl (C=O) groups is 1. The first-order chi connectivity index (χ1) is 9.95. The summed E-state index contributed by atoms with van der Waals surface area (Å²) in [7, 11) is 1.30. The van der Waals surface area contributed by atoms with Gasteiger partial charge in [0, 0.05) is 18.8 Å². The summed E-state index contributed by atoms with van der Waals surface area (Å²) in [4.78, 5) is 17.0. The van der Waals surface area contributed by atoms with Crippen LogP contribution in [-0.4, -0.2) is 17.9 Å². The number of halogens is 3. The summed E-state index contributed by atoms with van der Waals surface area (Å²) < 4.78 is 39.2. The molecule has 0 bridgehead atoms. The molecule has 0 N–H and O–H groups in total. The van der Waals surface area contributed by atoms with Crippen molar-refractivity contribution in [2.75, 3.05) is 11.9 Å². The van der Waals surface area contributed by atoms with Gasteiger partial charge >= 0.3 is 0 Å². The number of nitriles is 1. The monoisotopic (exact) mass is 291 g/mol. The number of pyridine rings is 1. The van der Waals surface area contributed by atoms with Crippen LogP contribution in [0.4, 0.5) is 19.0 Å². The molecule has 0 aliphatic carbocycles. The molecule has 0 radical (unpaired) electrons. The molecule has 0 atom stereocenters. The second-order valence-electron chi connectivity index (χ2n) is 4.10. The Morgan fingerprint density at radius 1 is 1.29 bits per heavy atom. The van der Waals surface area contributed by atoms with E-state index in [1.807, 2.05) is 6.07 Å². The fourth-order valence-corrected chi connectivity index (χ4v) is 1.72. The predicted molar refractivity (Wildman–Crippen MR) is 68.0 cm³/mol. The molecule has 0 fully saturated rings. The first-order valence-electron chi connectivity index (χ1n) is 5.73. The first-order valence-corrected chi connectivity index (χ1v) is 5.73. The van der Waals surface area contributed by atoms with Crippen LogP contribution in [-0.2, 0) is 0 Å². The summed E-state index contributed by atoms with van der Waals surface area (Å²) >= 11 is 0. The van der Waals surface area contributed by atoms with Gasteiger partial charge in [-0.3, -0.25) is 9.69 Å². The maximum atomic E-state index is 13.2. The molecule has 2 aromatic rings. The van der Waals surface area contributed by atoms with Gasteiger partial charge in [-0.1, -0.05) is 0 Å². The molecular weight excluding hydrogens is 283 g/mol. The minimum absolute atomic E-state index is 0.0372. The molecule has 2 rings (SSSR count). The van der Waals surface area contributed by atoms with Crippen LogP contribution in [0.5, 0.6) is 0 Å².